The molecule has 0 atom stereocenters. The lowest BCUT2D eigenvalue weighted by molar-refractivity contribution is 0.00668. The minimum atomic E-state index is -0.520. The van der Waals surface area contributed by atoms with E-state index in [4.69, 9.17) is 9.47 Å². The molecule has 0 fully saturated rings. The summed E-state index contributed by atoms with van der Waals surface area (Å²) < 4.78 is 10.7. The van der Waals surface area contributed by atoms with E-state index in [9.17, 15) is 4.79 Å². The third kappa shape index (κ3) is 3.05. The summed E-state index contributed by atoms with van der Waals surface area (Å²) in [7, 11) is 1.55. The second-order valence-electron chi connectivity index (χ2n) is 5.40. The van der Waals surface area contributed by atoms with Gasteiger partial charge in [-0.3, -0.25) is 0 Å². The van der Waals surface area contributed by atoms with Crippen molar-refractivity contribution in [2.24, 2.45) is 0 Å². The predicted octanol–water partition coefficient (Wildman–Crippen LogP) is 3.80. The van der Waals surface area contributed by atoms with Crippen molar-refractivity contribution >= 4 is 16.7 Å². The fourth-order valence-corrected chi connectivity index (χ4v) is 1.88. The average molecular weight is 258 g/mol. The molecule has 0 N–H and O–H groups in total. The van der Waals surface area contributed by atoms with Crippen LogP contribution < -0.4 is 4.74 Å². The van der Waals surface area contributed by atoms with Gasteiger partial charge in [-0.15, -0.1) is 0 Å². The summed E-state index contributed by atoms with van der Waals surface area (Å²) in [6.07, 6.45) is 0. The van der Waals surface area contributed by atoms with Gasteiger partial charge in [0.25, 0.3) is 0 Å². The van der Waals surface area contributed by atoms with E-state index in [0.29, 0.717) is 11.3 Å². The lowest BCUT2D eigenvalue weighted by Crippen LogP contribution is -2.24. The Morgan fingerprint density at radius 3 is 2.16 bits per heavy atom. The van der Waals surface area contributed by atoms with Gasteiger partial charge >= 0.3 is 5.97 Å². The smallest absolute Gasteiger partial charge is 0.342 e. The van der Waals surface area contributed by atoms with Crippen molar-refractivity contribution in [1.29, 1.82) is 0 Å². The lowest BCUT2D eigenvalue weighted by Gasteiger charge is -2.20. The third-order valence-electron chi connectivity index (χ3n) is 2.69. The largest absolute Gasteiger partial charge is 0.496 e. The Labute approximate surface area is 113 Å². The molecule has 0 spiro atoms. The summed E-state index contributed by atoms with van der Waals surface area (Å²) in [5.41, 5.74) is -0.0654. The van der Waals surface area contributed by atoms with Crippen LogP contribution >= 0.6 is 0 Å². The Balaban J connectivity index is 2.49. The van der Waals surface area contributed by atoms with E-state index in [1.165, 1.54) is 0 Å². The number of carbonyl (C=O) groups excluding carboxylic acids is 1. The van der Waals surface area contributed by atoms with E-state index in [0.717, 1.165) is 10.8 Å². The van der Waals surface area contributed by atoms with Crippen LogP contribution in [0.1, 0.15) is 31.1 Å². The molecule has 0 aliphatic heterocycles. The van der Waals surface area contributed by atoms with Crippen molar-refractivity contribution in [2.75, 3.05) is 7.11 Å². The van der Waals surface area contributed by atoms with Gasteiger partial charge in [0.1, 0.15) is 16.9 Å². The highest BCUT2D eigenvalue weighted by molar-refractivity contribution is 5.98. The van der Waals surface area contributed by atoms with Crippen molar-refractivity contribution in [2.45, 2.75) is 26.4 Å². The van der Waals surface area contributed by atoms with Gasteiger partial charge in [0.2, 0.25) is 0 Å². The van der Waals surface area contributed by atoms with E-state index in [-0.39, 0.29) is 5.97 Å². The van der Waals surface area contributed by atoms with Crippen molar-refractivity contribution in [1.82, 2.24) is 0 Å². The van der Waals surface area contributed by atoms with E-state index >= 15 is 0 Å². The normalized spacial score (nSPS) is 11.4. The molecule has 0 bridgehead atoms. The molecule has 0 heterocycles. The van der Waals surface area contributed by atoms with E-state index < -0.39 is 5.60 Å². The monoisotopic (exact) mass is 258 g/mol. The van der Waals surface area contributed by atoms with Crippen molar-refractivity contribution in [3.05, 3.63) is 42.0 Å². The van der Waals surface area contributed by atoms with Gasteiger partial charge in [-0.25, -0.2) is 4.79 Å². The van der Waals surface area contributed by atoms with E-state index in [1.54, 1.807) is 7.11 Å². The number of methoxy groups -OCH3 is 1. The zero-order valence-corrected chi connectivity index (χ0v) is 11.7. The maximum atomic E-state index is 12.2. The molecule has 2 rings (SSSR count). The fraction of sp³-hybridized carbons (Fsp3) is 0.312. The molecular weight excluding hydrogens is 240 g/mol. The summed E-state index contributed by atoms with van der Waals surface area (Å²) in [6.45, 7) is 5.54. The Morgan fingerprint density at radius 1 is 1.05 bits per heavy atom. The van der Waals surface area contributed by atoms with E-state index in [2.05, 4.69) is 0 Å². The molecule has 2 aromatic rings. The molecule has 3 nitrogen and oxygen atoms in total. The Morgan fingerprint density at radius 2 is 1.63 bits per heavy atom. The van der Waals surface area contributed by atoms with Gasteiger partial charge in [-0.1, -0.05) is 24.3 Å². The highest BCUT2D eigenvalue weighted by atomic mass is 16.6. The van der Waals surface area contributed by atoms with Gasteiger partial charge in [-0.05, 0) is 43.7 Å². The Bertz CT molecular complexity index is 609. The second-order valence-corrected chi connectivity index (χ2v) is 5.40. The van der Waals surface area contributed by atoms with Crippen LogP contribution in [0.4, 0.5) is 0 Å². The molecule has 2 aromatic carbocycles. The van der Waals surface area contributed by atoms with Gasteiger partial charge in [0.15, 0.2) is 0 Å². The first-order valence-corrected chi connectivity index (χ1v) is 6.21. The predicted molar refractivity (Wildman–Crippen MR) is 75.7 cm³/mol. The van der Waals surface area contributed by atoms with Gasteiger partial charge in [-0.2, -0.15) is 0 Å². The second kappa shape index (κ2) is 4.92. The molecule has 0 radical (unpaired) electrons. The first-order chi connectivity index (χ1) is 8.90. The number of benzene rings is 2. The molecule has 0 saturated carbocycles. The minimum absolute atomic E-state index is 0.366. The zero-order valence-electron chi connectivity index (χ0n) is 11.7. The number of esters is 1. The van der Waals surface area contributed by atoms with Crippen LogP contribution in [0.15, 0.2) is 36.4 Å². The van der Waals surface area contributed by atoms with Gasteiger partial charge in [0.05, 0.1) is 7.11 Å². The van der Waals surface area contributed by atoms with Crippen molar-refractivity contribution in [3.63, 3.8) is 0 Å². The summed E-state index contributed by atoms with van der Waals surface area (Å²) >= 11 is 0. The topological polar surface area (TPSA) is 35.5 Å². The maximum absolute atomic E-state index is 12.2. The van der Waals surface area contributed by atoms with Crippen LogP contribution in [0.25, 0.3) is 10.8 Å². The standard InChI is InChI=1S/C16H18O3/c1-16(2,3)19-15(17)13-9-11-7-5-6-8-12(11)10-14(13)18-4/h5-10H,1-4H3. The summed E-state index contributed by atoms with van der Waals surface area (Å²) in [6, 6.07) is 11.5. The average Bonchev–Trinajstić information content (AvgIpc) is 2.35. The summed E-state index contributed by atoms with van der Waals surface area (Å²) in [5, 5.41) is 2.02. The minimum Gasteiger partial charge on any atom is -0.496 e. The summed E-state index contributed by atoms with van der Waals surface area (Å²) in [5.74, 6) is 0.169. The number of fused-ring (bicyclic) bond motifs is 1. The molecule has 0 saturated heterocycles. The lowest BCUT2D eigenvalue weighted by atomic mass is 10.1. The Hall–Kier alpha value is -2.03. The number of carbonyl (C=O) groups is 1. The van der Waals surface area contributed by atoms with Crippen LogP contribution in [0.5, 0.6) is 5.75 Å². The molecule has 0 unspecified atom stereocenters. The summed E-state index contributed by atoms with van der Waals surface area (Å²) in [4.78, 5) is 12.2. The van der Waals surface area contributed by atoms with Crippen LogP contribution in [0.2, 0.25) is 0 Å². The molecule has 0 aromatic heterocycles. The fourth-order valence-electron chi connectivity index (χ4n) is 1.88. The molecule has 19 heavy (non-hydrogen) atoms. The number of hydrogen-bond donors (Lipinski definition) is 0. The molecule has 0 amide bonds. The van der Waals surface area contributed by atoms with Crippen LogP contribution in [0, 0.1) is 0 Å². The number of ether oxygens (including phenoxy) is 2. The maximum Gasteiger partial charge on any atom is 0.342 e. The molecule has 3 heteroatoms. The SMILES string of the molecule is COc1cc2ccccc2cc1C(=O)OC(C)(C)C. The molecule has 0 aliphatic rings. The number of rotatable bonds is 2. The Kier molecular flexibility index (Phi) is 3.47. The van der Waals surface area contributed by atoms with Crippen molar-refractivity contribution in [3.8, 4) is 5.75 Å². The zero-order chi connectivity index (χ0) is 14.0. The molecule has 0 aliphatic carbocycles. The van der Waals surface area contributed by atoms with E-state index in [1.807, 2.05) is 57.2 Å². The van der Waals surface area contributed by atoms with Crippen LogP contribution in [-0.4, -0.2) is 18.7 Å². The highest BCUT2D eigenvalue weighted by Crippen LogP contribution is 2.27. The first-order valence-electron chi connectivity index (χ1n) is 6.21. The van der Waals surface area contributed by atoms with Gasteiger partial charge < -0.3 is 9.47 Å². The molecule has 100 valence electrons. The third-order valence-corrected chi connectivity index (χ3v) is 2.69. The molecular formula is C16H18O3. The van der Waals surface area contributed by atoms with Gasteiger partial charge in [0, 0.05) is 0 Å². The van der Waals surface area contributed by atoms with Crippen LogP contribution in [0.3, 0.4) is 0 Å². The number of hydrogen-bond acceptors (Lipinski definition) is 3. The van der Waals surface area contributed by atoms with Crippen molar-refractivity contribution < 1.29 is 14.3 Å². The van der Waals surface area contributed by atoms with Crippen LogP contribution in [-0.2, 0) is 4.74 Å². The quantitative estimate of drug-likeness (QED) is 0.768. The first kappa shape index (κ1) is 13.4. The highest BCUT2D eigenvalue weighted by Gasteiger charge is 2.21.